The molecule has 5 nitrogen and oxygen atoms in total. The minimum Gasteiger partial charge on any atom is -0.378 e. The summed E-state index contributed by atoms with van der Waals surface area (Å²) in [5, 5.41) is 13.8. The number of halogens is 3. The van der Waals surface area contributed by atoms with Crippen LogP contribution < -0.4 is 5.32 Å². The van der Waals surface area contributed by atoms with Crippen LogP contribution in [-0.2, 0) is 12.7 Å². The van der Waals surface area contributed by atoms with Crippen molar-refractivity contribution in [1.82, 2.24) is 4.98 Å². The number of nitrogens with one attached hydrogen (secondary N) is 1. The summed E-state index contributed by atoms with van der Waals surface area (Å²) in [6, 6.07) is 2.61. The number of hydrogen-bond acceptors (Lipinski definition) is 5. The number of benzene rings is 1. The van der Waals surface area contributed by atoms with Gasteiger partial charge in [0, 0.05) is 28.9 Å². The van der Waals surface area contributed by atoms with E-state index in [1.807, 2.05) is 6.92 Å². The topological polar surface area (TPSA) is 68.1 Å². The Hall–Kier alpha value is -2.16. The zero-order valence-electron chi connectivity index (χ0n) is 10.8. The van der Waals surface area contributed by atoms with Gasteiger partial charge in [-0.1, -0.05) is 0 Å². The average Bonchev–Trinajstić information content (AvgIpc) is 2.81. The number of nitrogens with zero attached hydrogens (tertiary/aromatic N) is 2. The third-order valence-electron chi connectivity index (χ3n) is 2.62. The Balaban J connectivity index is 2.27. The van der Waals surface area contributed by atoms with E-state index in [0.29, 0.717) is 11.1 Å². The molecule has 112 valence electrons. The van der Waals surface area contributed by atoms with Crippen LogP contribution in [0.2, 0.25) is 0 Å². The lowest BCUT2D eigenvalue weighted by atomic mass is 10.1. The summed E-state index contributed by atoms with van der Waals surface area (Å²) >= 11 is 1.37. The van der Waals surface area contributed by atoms with Gasteiger partial charge in [0.15, 0.2) is 0 Å². The highest BCUT2D eigenvalue weighted by Crippen LogP contribution is 2.37. The first-order chi connectivity index (χ1) is 9.77. The Labute approximate surface area is 121 Å². The number of hydrogen-bond donors (Lipinski definition) is 1. The smallest absolute Gasteiger partial charge is 0.378 e. The first kappa shape index (κ1) is 15.2. The molecule has 0 atom stereocenters. The Bertz CT molecular complexity index is 670. The third kappa shape index (κ3) is 3.69. The Morgan fingerprint density at radius 3 is 2.67 bits per heavy atom. The van der Waals surface area contributed by atoms with Crippen LogP contribution in [0.15, 0.2) is 24.4 Å². The van der Waals surface area contributed by atoms with Gasteiger partial charge in [0.05, 0.1) is 17.0 Å². The summed E-state index contributed by atoms with van der Waals surface area (Å²) in [5.74, 6) is 0. The van der Waals surface area contributed by atoms with Gasteiger partial charge in [-0.3, -0.25) is 10.1 Å². The molecule has 0 saturated heterocycles. The Morgan fingerprint density at radius 2 is 2.14 bits per heavy atom. The molecule has 0 radical (unpaired) electrons. The fourth-order valence-corrected chi connectivity index (χ4v) is 2.42. The number of nitro groups is 1. The minimum atomic E-state index is -4.67. The maximum atomic E-state index is 12.9. The molecular weight excluding hydrogens is 307 g/mol. The van der Waals surface area contributed by atoms with Crippen LogP contribution in [0, 0.1) is 17.0 Å². The van der Waals surface area contributed by atoms with Gasteiger partial charge < -0.3 is 5.32 Å². The zero-order valence-corrected chi connectivity index (χ0v) is 11.6. The molecule has 21 heavy (non-hydrogen) atoms. The SMILES string of the molecule is Cc1cnc(CNc2ccc([N+](=O)[O-])cc2C(F)(F)F)s1. The Kier molecular flexibility index (Phi) is 4.12. The number of thiazole rings is 1. The molecule has 0 aliphatic rings. The van der Waals surface area contributed by atoms with E-state index in [-0.39, 0.29) is 12.2 Å². The first-order valence-electron chi connectivity index (χ1n) is 5.78. The van der Waals surface area contributed by atoms with Gasteiger partial charge in [0.2, 0.25) is 0 Å². The summed E-state index contributed by atoms with van der Waals surface area (Å²) in [5.41, 5.74) is -1.87. The molecule has 2 rings (SSSR count). The van der Waals surface area contributed by atoms with Crippen LogP contribution in [0.3, 0.4) is 0 Å². The van der Waals surface area contributed by atoms with Gasteiger partial charge in [-0.25, -0.2) is 4.98 Å². The molecule has 0 saturated carbocycles. The van der Waals surface area contributed by atoms with E-state index in [9.17, 15) is 23.3 Å². The molecule has 1 aromatic heterocycles. The van der Waals surface area contributed by atoms with Crippen LogP contribution in [0.5, 0.6) is 0 Å². The summed E-state index contributed by atoms with van der Waals surface area (Å²) in [6.45, 7) is 1.97. The second-order valence-electron chi connectivity index (χ2n) is 4.20. The van der Waals surface area contributed by atoms with Crippen LogP contribution in [0.1, 0.15) is 15.4 Å². The predicted molar refractivity (Wildman–Crippen MR) is 72.3 cm³/mol. The van der Waals surface area contributed by atoms with Gasteiger partial charge in [0.1, 0.15) is 5.01 Å². The van der Waals surface area contributed by atoms with Crippen LogP contribution in [0.4, 0.5) is 24.5 Å². The molecule has 0 fully saturated rings. The highest BCUT2D eigenvalue weighted by Gasteiger charge is 2.35. The largest absolute Gasteiger partial charge is 0.418 e. The quantitative estimate of drug-likeness (QED) is 0.684. The molecule has 0 aliphatic carbocycles. The fourth-order valence-electron chi connectivity index (χ4n) is 1.69. The molecule has 0 spiro atoms. The van der Waals surface area contributed by atoms with E-state index >= 15 is 0 Å². The maximum Gasteiger partial charge on any atom is 0.418 e. The number of non-ortho nitro benzene ring substituents is 1. The van der Waals surface area contributed by atoms with Crippen LogP contribution in [0.25, 0.3) is 0 Å². The molecule has 1 heterocycles. The number of aryl methyl sites for hydroxylation is 1. The number of aromatic nitrogens is 1. The highest BCUT2D eigenvalue weighted by molar-refractivity contribution is 7.11. The standard InChI is InChI=1S/C12H10F3N3O2S/c1-7-5-17-11(21-7)6-16-10-3-2-8(18(19)20)4-9(10)12(13,14)15/h2-5,16H,6H2,1H3. The summed E-state index contributed by atoms with van der Waals surface area (Å²) < 4.78 is 38.8. The van der Waals surface area contributed by atoms with Crippen molar-refractivity contribution in [3.05, 3.63) is 50.0 Å². The summed E-state index contributed by atoms with van der Waals surface area (Å²) in [4.78, 5) is 14.7. The molecule has 9 heteroatoms. The normalized spacial score (nSPS) is 11.4. The second-order valence-corrected chi connectivity index (χ2v) is 5.52. The predicted octanol–water partition coefficient (Wildman–Crippen LogP) is 3.99. The van der Waals surface area contributed by atoms with Crippen molar-refractivity contribution in [3.63, 3.8) is 0 Å². The molecule has 0 unspecified atom stereocenters. The van der Waals surface area contributed by atoms with Gasteiger partial charge >= 0.3 is 6.18 Å². The third-order valence-corrected chi connectivity index (χ3v) is 3.53. The van der Waals surface area contributed by atoms with Crippen molar-refractivity contribution in [2.45, 2.75) is 19.6 Å². The Morgan fingerprint density at radius 1 is 1.43 bits per heavy atom. The molecule has 1 aromatic carbocycles. The van der Waals surface area contributed by atoms with E-state index in [1.54, 1.807) is 6.20 Å². The van der Waals surface area contributed by atoms with Crippen molar-refractivity contribution in [3.8, 4) is 0 Å². The van der Waals surface area contributed by atoms with E-state index in [1.165, 1.54) is 11.3 Å². The molecule has 0 aliphatic heterocycles. The van der Waals surface area contributed by atoms with Gasteiger partial charge in [-0.2, -0.15) is 13.2 Å². The second kappa shape index (κ2) is 5.68. The molecule has 0 bridgehead atoms. The first-order valence-corrected chi connectivity index (χ1v) is 6.60. The van der Waals surface area contributed by atoms with Gasteiger partial charge in [-0.15, -0.1) is 11.3 Å². The van der Waals surface area contributed by atoms with E-state index in [0.717, 1.165) is 17.0 Å². The lowest BCUT2D eigenvalue weighted by Crippen LogP contribution is -2.11. The minimum absolute atomic E-state index is 0.124. The molecule has 0 amide bonds. The van der Waals surface area contributed by atoms with E-state index in [2.05, 4.69) is 10.3 Å². The fraction of sp³-hybridized carbons (Fsp3) is 0.250. The van der Waals surface area contributed by atoms with Crippen molar-refractivity contribution in [1.29, 1.82) is 0 Å². The number of anilines is 1. The number of alkyl halides is 3. The van der Waals surface area contributed by atoms with Crippen molar-refractivity contribution in [2.24, 2.45) is 0 Å². The van der Waals surface area contributed by atoms with Crippen molar-refractivity contribution >= 4 is 22.7 Å². The van der Waals surface area contributed by atoms with Crippen LogP contribution >= 0.6 is 11.3 Å². The van der Waals surface area contributed by atoms with E-state index < -0.39 is 22.4 Å². The zero-order chi connectivity index (χ0) is 15.6. The number of nitro benzene ring substituents is 1. The van der Waals surface area contributed by atoms with Gasteiger partial charge in [0.25, 0.3) is 5.69 Å². The lowest BCUT2D eigenvalue weighted by Gasteiger charge is -2.13. The van der Waals surface area contributed by atoms with Gasteiger partial charge in [-0.05, 0) is 13.0 Å². The lowest BCUT2D eigenvalue weighted by molar-refractivity contribution is -0.385. The van der Waals surface area contributed by atoms with Crippen molar-refractivity contribution in [2.75, 3.05) is 5.32 Å². The highest BCUT2D eigenvalue weighted by atomic mass is 32.1. The van der Waals surface area contributed by atoms with Crippen molar-refractivity contribution < 1.29 is 18.1 Å². The summed E-state index contributed by atoms with van der Waals surface area (Å²) in [7, 11) is 0. The molecular formula is C12H10F3N3O2S. The molecule has 1 N–H and O–H groups in total. The summed E-state index contributed by atoms with van der Waals surface area (Å²) in [6.07, 6.45) is -3.05. The molecule has 2 aromatic rings. The van der Waals surface area contributed by atoms with E-state index in [4.69, 9.17) is 0 Å². The maximum absolute atomic E-state index is 12.9. The monoisotopic (exact) mass is 317 g/mol. The average molecular weight is 317 g/mol. The number of rotatable bonds is 4. The van der Waals surface area contributed by atoms with Crippen LogP contribution in [-0.4, -0.2) is 9.91 Å².